The van der Waals surface area contributed by atoms with E-state index in [9.17, 15) is 4.79 Å². The maximum Gasteiger partial charge on any atom is 0.254 e. The lowest BCUT2D eigenvalue weighted by molar-refractivity contribution is -0.167. The molecule has 0 aromatic heterocycles. The van der Waals surface area contributed by atoms with Crippen molar-refractivity contribution in [3.05, 3.63) is 34.9 Å². The van der Waals surface area contributed by atoms with Gasteiger partial charge in [0.2, 0.25) is 0 Å². The number of rotatable bonds is 4. The third-order valence-corrected chi connectivity index (χ3v) is 4.91. The number of benzene rings is 1. The Labute approximate surface area is 136 Å². The molecule has 5 heteroatoms. The molecule has 0 bridgehead atoms. The van der Waals surface area contributed by atoms with Crippen LogP contribution in [0.5, 0.6) is 0 Å². The van der Waals surface area contributed by atoms with Gasteiger partial charge in [-0.25, -0.2) is 0 Å². The quantitative estimate of drug-likeness (QED) is 0.855. The summed E-state index contributed by atoms with van der Waals surface area (Å²) in [7, 11) is 1.74. The molecule has 1 unspecified atom stereocenters. The molecule has 2 aliphatic rings. The topological polar surface area (TPSA) is 38.8 Å². The third-order valence-electron chi connectivity index (χ3n) is 4.66. The maximum absolute atomic E-state index is 12.4. The van der Waals surface area contributed by atoms with Crippen molar-refractivity contribution in [2.45, 2.75) is 24.9 Å². The second kappa shape index (κ2) is 6.57. The Hall–Kier alpha value is -1.10. The van der Waals surface area contributed by atoms with Gasteiger partial charge in [0.25, 0.3) is 5.91 Å². The molecule has 0 N–H and O–H groups in total. The molecule has 1 aromatic carbocycles. The summed E-state index contributed by atoms with van der Waals surface area (Å²) in [5.41, 5.74) is 0.560. The Kier molecular flexibility index (Phi) is 4.71. The summed E-state index contributed by atoms with van der Waals surface area (Å²) in [5.74, 6) is 0.700. The highest BCUT2D eigenvalue weighted by molar-refractivity contribution is 6.30. The molecule has 1 spiro atoms. The number of hydrogen-bond donors (Lipinski definition) is 0. The number of ether oxygens (including phenoxy) is 2. The van der Waals surface area contributed by atoms with Crippen LogP contribution in [0.2, 0.25) is 5.02 Å². The van der Waals surface area contributed by atoms with Crippen molar-refractivity contribution >= 4 is 17.5 Å². The molecule has 0 saturated carbocycles. The van der Waals surface area contributed by atoms with E-state index in [1.807, 2.05) is 4.90 Å². The molecule has 0 radical (unpaired) electrons. The van der Waals surface area contributed by atoms with Crippen molar-refractivity contribution in [2.75, 3.05) is 33.4 Å². The van der Waals surface area contributed by atoms with Gasteiger partial charge in [-0.3, -0.25) is 4.79 Å². The average Bonchev–Trinajstić information content (AvgIpc) is 2.51. The molecule has 1 aromatic rings. The standard InChI is InChI=1S/C17H22ClNO3/c1-21-8-6-13-7-9-22-17(10-13)11-19(12-17)16(20)14-2-4-15(18)5-3-14/h2-5,13H,6-12H2,1H3. The molecule has 22 heavy (non-hydrogen) atoms. The van der Waals surface area contributed by atoms with Crippen LogP contribution in [0.15, 0.2) is 24.3 Å². The molecule has 1 atom stereocenters. The van der Waals surface area contributed by atoms with Crippen LogP contribution < -0.4 is 0 Å². The number of nitrogens with zero attached hydrogens (tertiary/aromatic N) is 1. The average molecular weight is 324 g/mol. The zero-order chi connectivity index (χ0) is 15.6. The number of halogens is 1. The molecular weight excluding hydrogens is 302 g/mol. The minimum atomic E-state index is -0.126. The summed E-state index contributed by atoms with van der Waals surface area (Å²) < 4.78 is 11.2. The van der Waals surface area contributed by atoms with Crippen molar-refractivity contribution in [1.29, 1.82) is 0 Å². The van der Waals surface area contributed by atoms with Crippen molar-refractivity contribution in [3.8, 4) is 0 Å². The Bertz CT molecular complexity index is 525. The van der Waals surface area contributed by atoms with Gasteiger partial charge >= 0.3 is 0 Å². The van der Waals surface area contributed by atoms with Gasteiger partial charge in [0.05, 0.1) is 13.1 Å². The number of amides is 1. The van der Waals surface area contributed by atoms with Crippen LogP contribution in [0.4, 0.5) is 0 Å². The fraction of sp³-hybridized carbons (Fsp3) is 0.588. The monoisotopic (exact) mass is 323 g/mol. The van der Waals surface area contributed by atoms with E-state index in [0.717, 1.165) is 32.5 Å². The predicted molar refractivity (Wildman–Crippen MR) is 85.3 cm³/mol. The van der Waals surface area contributed by atoms with Gasteiger partial charge in [-0.1, -0.05) is 11.6 Å². The fourth-order valence-corrected chi connectivity index (χ4v) is 3.57. The first-order chi connectivity index (χ1) is 10.6. The van der Waals surface area contributed by atoms with Gasteiger partial charge in [0.15, 0.2) is 0 Å². The van der Waals surface area contributed by atoms with Crippen LogP contribution in [0.25, 0.3) is 0 Å². The highest BCUT2D eigenvalue weighted by Crippen LogP contribution is 2.38. The Morgan fingerprint density at radius 1 is 1.41 bits per heavy atom. The molecule has 1 amide bonds. The molecule has 4 nitrogen and oxygen atoms in total. The first-order valence-electron chi connectivity index (χ1n) is 7.80. The molecule has 120 valence electrons. The lowest BCUT2D eigenvalue weighted by Crippen LogP contribution is -2.66. The van der Waals surface area contributed by atoms with E-state index in [0.29, 0.717) is 29.6 Å². The van der Waals surface area contributed by atoms with Gasteiger partial charge in [0.1, 0.15) is 5.60 Å². The van der Waals surface area contributed by atoms with Crippen LogP contribution in [0.3, 0.4) is 0 Å². The molecule has 3 rings (SSSR count). The molecular formula is C17H22ClNO3. The van der Waals surface area contributed by atoms with Crippen LogP contribution in [-0.4, -0.2) is 49.8 Å². The van der Waals surface area contributed by atoms with Gasteiger partial charge < -0.3 is 14.4 Å². The van der Waals surface area contributed by atoms with E-state index in [1.165, 1.54) is 0 Å². The maximum atomic E-state index is 12.4. The van der Waals surface area contributed by atoms with E-state index >= 15 is 0 Å². The zero-order valence-electron chi connectivity index (χ0n) is 12.9. The molecule has 2 heterocycles. The van der Waals surface area contributed by atoms with Crippen LogP contribution in [0.1, 0.15) is 29.6 Å². The summed E-state index contributed by atoms with van der Waals surface area (Å²) in [6.07, 6.45) is 3.20. The Balaban J connectivity index is 1.56. The molecule has 2 saturated heterocycles. The Morgan fingerprint density at radius 2 is 2.14 bits per heavy atom. The SMILES string of the molecule is COCCC1CCOC2(C1)CN(C(=O)c1ccc(Cl)cc1)C2. The first-order valence-corrected chi connectivity index (χ1v) is 8.17. The minimum absolute atomic E-state index is 0.0601. The fourth-order valence-electron chi connectivity index (χ4n) is 3.45. The van der Waals surface area contributed by atoms with Gasteiger partial charge in [-0.15, -0.1) is 0 Å². The Morgan fingerprint density at radius 3 is 2.82 bits per heavy atom. The van der Waals surface area contributed by atoms with E-state index in [-0.39, 0.29) is 11.5 Å². The molecule has 2 fully saturated rings. The highest BCUT2D eigenvalue weighted by atomic mass is 35.5. The van der Waals surface area contributed by atoms with Crippen molar-refractivity contribution in [3.63, 3.8) is 0 Å². The zero-order valence-corrected chi connectivity index (χ0v) is 13.6. The highest BCUT2D eigenvalue weighted by Gasteiger charge is 2.49. The molecule has 0 aliphatic carbocycles. The van der Waals surface area contributed by atoms with Crippen molar-refractivity contribution in [2.24, 2.45) is 5.92 Å². The number of hydrogen-bond acceptors (Lipinski definition) is 3. The number of likely N-dealkylation sites (tertiary alicyclic amines) is 1. The van der Waals surface area contributed by atoms with E-state index in [4.69, 9.17) is 21.1 Å². The van der Waals surface area contributed by atoms with Crippen molar-refractivity contribution in [1.82, 2.24) is 4.90 Å². The normalized spacial score (nSPS) is 23.4. The number of carbonyl (C=O) groups is 1. The van der Waals surface area contributed by atoms with E-state index in [2.05, 4.69) is 0 Å². The summed E-state index contributed by atoms with van der Waals surface area (Å²) in [6.45, 7) is 2.97. The molecule has 2 aliphatic heterocycles. The number of carbonyl (C=O) groups excluding carboxylic acids is 1. The minimum Gasteiger partial charge on any atom is -0.385 e. The third kappa shape index (κ3) is 3.29. The van der Waals surface area contributed by atoms with Crippen LogP contribution in [0, 0.1) is 5.92 Å². The lowest BCUT2D eigenvalue weighted by Gasteiger charge is -2.53. The van der Waals surface area contributed by atoms with Crippen LogP contribution in [-0.2, 0) is 9.47 Å². The van der Waals surface area contributed by atoms with E-state index < -0.39 is 0 Å². The second-order valence-corrected chi connectivity index (χ2v) is 6.78. The van der Waals surface area contributed by atoms with Gasteiger partial charge in [-0.05, 0) is 49.4 Å². The summed E-state index contributed by atoms with van der Waals surface area (Å²) in [6, 6.07) is 7.06. The first kappa shape index (κ1) is 15.8. The van der Waals surface area contributed by atoms with Crippen LogP contribution >= 0.6 is 11.6 Å². The largest absolute Gasteiger partial charge is 0.385 e. The smallest absolute Gasteiger partial charge is 0.254 e. The van der Waals surface area contributed by atoms with E-state index in [1.54, 1.807) is 31.4 Å². The van der Waals surface area contributed by atoms with Gasteiger partial charge in [0, 0.05) is 30.9 Å². The predicted octanol–water partition coefficient (Wildman–Crippen LogP) is 3.00. The van der Waals surface area contributed by atoms with Gasteiger partial charge in [-0.2, -0.15) is 0 Å². The summed E-state index contributed by atoms with van der Waals surface area (Å²) in [5, 5.41) is 0.647. The lowest BCUT2D eigenvalue weighted by atomic mass is 9.79. The summed E-state index contributed by atoms with van der Waals surface area (Å²) >= 11 is 5.86. The summed E-state index contributed by atoms with van der Waals surface area (Å²) in [4.78, 5) is 14.3. The second-order valence-electron chi connectivity index (χ2n) is 6.34. The van der Waals surface area contributed by atoms with Crippen molar-refractivity contribution < 1.29 is 14.3 Å². The number of methoxy groups -OCH3 is 1.